The molecule has 1 aromatic carbocycles. The van der Waals surface area contributed by atoms with Crippen molar-refractivity contribution in [3.63, 3.8) is 0 Å². The van der Waals surface area contributed by atoms with E-state index in [-0.39, 0.29) is 22.1 Å². The molecule has 2 rings (SSSR count). The molecule has 0 saturated carbocycles. The molecule has 0 unspecified atom stereocenters. The van der Waals surface area contributed by atoms with E-state index in [9.17, 15) is 22.8 Å². The van der Waals surface area contributed by atoms with Crippen LogP contribution in [0.25, 0.3) is 0 Å². The highest BCUT2D eigenvalue weighted by molar-refractivity contribution is 7.90. The number of sulfonamides is 1. The summed E-state index contributed by atoms with van der Waals surface area (Å²) in [6.07, 6.45) is 0. The van der Waals surface area contributed by atoms with Gasteiger partial charge in [0.15, 0.2) is 0 Å². The summed E-state index contributed by atoms with van der Waals surface area (Å²) in [5, 5.41) is 8.96. The van der Waals surface area contributed by atoms with E-state index in [0.29, 0.717) is 0 Å². The van der Waals surface area contributed by atoms with E-state index in [1.165, 1.54) is 12.1 Å². The Bertz CT molecular complexity index is 844. The van der Waals surface area contributed by atoms with E-state index in [2.05, 4.69) is 0 Å². The van der Waals surface area contributed by atoms with Gasteiger partial charge in [-0.2, -0.15) is 0 Å². The number of nitrogens with zero attached hydrogens (tertiary/aromatic N) is 2. The third-order valence-electron chi connectivity index (χ3n) is 3.85. The predicted molar refractivity (Wildman–Crippen MR) is 88.7 cm³/mol. The summed E-state index contributed by atoms with van der Waals surface area (Å²) in [7, 11) is -4.02. The first kappa shape index (κ1) is 18.9. The van der Waals surface area contributed by atoms with Crippen LogP contribution < -0.4 is 0 Å². The average molecular weight is 368 g/mol. The van der Waals surface area contributed by atoms with Crippen molar-refractivity contribution in [3.05, 3.63) is 29.3 Å². The highest BCUT2D eigenvalue weighted by atomic mass is 32.2. The van der Waals surface area contributed by atoms with Crippen LogP contribution in [0.4, 0.5) is 0 Å². The topological polar surface area (TPSA) is 112 Å². The highest BCUT2D eigenvalue weighted by Gasteiger charge is 2.43. The zero-order valence-corrected chi connectivity index (χ0v) is 15.2. The van der Waals surface area contributed by atoms with Crippen LogP contribution in [-0.4, -0.2) is 59.1 Å². The first-order chi connectivity index (χ1) is 11.5. The minimum atomic E-state index is -4.02. The van der Waals surface area contributed by atoms with Gasteiger partial charge in [-0.25, -0.2) is 12.7 Å². The second kappa shape index (κ2) is 6.47. The summed E-state index contributed by atoms with van der Waals surface area (Å²) in [6.45, 7) is 5.99. The molecule has 1 aromatic rings. The largest absolute Gasteiger partial charge is 0.480 e. The monoisotopic (exact) mass is 368 g/mol. The number of carbonyl (C=O) groups excluding carboxylic acids is 2. The van der Waals surface area contributed by atoms with Crippen LogP contribution in [0, 0.1) is 0 Å². The van der Waals surface area contributed by atoms with E-state index in [1.54, 1.807) is 27.7 Å². The molecule has 136 valence electrons. The van der Waals surface area contributed by atoms with Crippen molar-refractivity contribution in [2.24, 2.45) is 0 Å². The fourth-order valence-corrected chi connectivity index (χ4v) is 4.48. The molecule has 1 heterocycles. The average Bonchev–Trinajstić information content (AvgIpc) is 2.70. The Kier molecular flexibility index (Phi) is 4.90. The minimum Gasteiger partial charge on any atom is -0.480 e. The first-order valence-electron chi connectivity index (χ1n) is 7.74. The van der Waals surface area contributed by atoms with Crippen molar-refractivity contribution in [3.8, 4) is 0 Å². The van der Waals surface area contributed by atoms with E-state index in [4.69, 9.17) is 5.11 Å². The van der Waals surface area contributed by atoms with E-state index >= 15 is 0 Å². The predicted octanol–water partition coefficient (Wildman–Crippen LogP) is 1.17. The molecule has 8 nitrogen and oxygen atoms in total. The zero-order chi connectivity index (χ0) is 19.1. The standard InChI is InChI=1S/C16H20N2O6S/c1-9(2)17(8-14(19)20)15(21)11-5-6-12-13(7-11)25(23,24)18(10(3)4)16(12)22/h5-7,9-10H,8H2,1-4H3,(H,19,20). The van der Waals surface area contributed by atoms with Gasteiger partial charge < -0.3 is 10.0 Å². The van der Waals surface area contributed by atoms with Gasteiger partial charge in [0.25, 0.3) is 21.8 Å². The maximum absolute atomic E-state index is 12.6. The second-order valence-corrected chi connectivity index (χ2v) is 8.11. The Morgan fingerprint density at radius 3 is 2.28 bits per heavy atom. The van der Waals surface area contributed by atoms with Crippen LogP contribution in [0.5, 0.6) is 0 Å². The van der Waals surface area contributed by atoms with Gasteiger partial charge in [-0.1, -0.05) is 0 Å². The molecule has 0 aromatic heterocycles. The smallest absolute Gasteiger partial charge is 0.323 e. The molecule has 0 atom stereocenters. The lowest BCUT2D eigenvalue weighted by atomic mass is 10.1. The molecule has 2 amide bonds. The number of hydrogen-bond donors (Lipinski definition) is 1. The van der Waals surface area contributed by atoms with Crippen LogP contribution in [0.15, 0.2) is 23.1 Å². The summed E-state index contributed by atoms with van der Waals surface area (Å²) >= 11 is 0. The SMILES string of the molecule is CC(C)N(CC(=O)O)C(=O)c1ccc2c(c1)S(=O)(=O)N(C(C)C)C2=O. The molecule has 0 spiro atoms. The minimum absolute atomic E-state index is 0.0135. The number of carbonyl (C=O) groups is 3. The third kappa shape index (κ3) is 3.23. The van der Waals surface area contributed by atoms with Crippen LogP contribution >= 0.6 is 0 Å². The quantitative estimate of drug-likeness (QED) is 0.835. The molecule has 0 aliphatic carbocycles. The summed E-state index contributed by atoms with van der Waals surface area (Å²) in [5.41, 5.74) is 0.0373. The highest BCUT2D eigenvalue weighted by Crippen LogP contribution is 2.32. The maximum atomic E-state index is 12.6. The zero-order valence-electron chi connectivity index (χ0n) is 14.4. The van der Waals surface area contributed by atoms with Crippen molar-refractivity contribution < 1.29 is 27.9 Å². The van der Waals surface area contributed by atoms with Gasteiger partial charge in [0.05, 0.1) is 5.56 Å². The molecule has 9 heteroatoms. The number of rotatable bonds is 5. The number of fused-ring (bicyclic) bond motifs is 1. The fraction of sp³-hybridized carbons (Fsp3) is 0.438. The molecule has 0 radical (unpaired) electrons. The summed E-state index contributed by atoms with van der Waals surface area (Å²) < 4.78 is 25.9. The van der Waals surface area contributed by atoms with Crippen LogP contribution in [0.3, 0.4) is 0 Å². The lowest BCUT2D eigenvalue weighted by Gasteiger charge is -2.25. The summed E-state index contributed by atoms with van der Waals surface area (Å²) in [4.78, 5) is 36.7. The van der Waals surface area contributed by atoms with Crippen molar-refractivity contribution in [2.45, 2.75) is 44.7 Å². The maximum Gasteiger partial charge on any atom is 0.323 e. The van der Waals surface area contributed by atoms with Gasteiger partial charge in [0.2, 0.25) is 0 Å². The van der Waals surface area contributed by atoms with E-state index in [1.807, 2.05) is 0 Å². The second-order valence-electron chi connectivity index (χ2n) is 6.33. The van der Waals surface area contributed by atoms with Gasteiger partial charge >= 0.3 is 5.97 Å². The molecule has 0 saturated heterocycles. The fourth-order valence-electron chi connectivity index (χ4n) is 2.69. The van der Waals surface area contributed by atoms with E-state index < -0.39 is 40.4 Å². The third-order valence-corrected chi connectivity index (χ3v) is 5.85. The number of hydrogen-bond acceptors (Lipinski definition) is 5. The first-order valence-corrected chi connectivity index (χ1v) is 9.18. The molecule has 25 heavy (non-hydrogen) atoms. The van der Waals surface area contributed by atoms with Crippen LogP contribution in [0.2, 0.25) is 0 Å². The molecule has 1 aliphatic rings. The number of benzene rings is 1. The van der Waals surface area contributed by atoms with Crippen molar-refractivity contribution in [2.75, 3.05) is 6.54 Å². The normalized spacial score (nSPS) is 15.6. The Morgan fingerprint density at radius 1 is 1.20 bits per heavy atom. The Hall–Kier alpha value is -2.42. The number of carboxylic acid groups (broad SMARTS) is 1. The summed E-state index contributed by atoms with van der Waals surface area (Å²) in [6, 6.07) is 2.84. The molecule has 0 bridgehead atoms. The number of amides is 2. The summed E-state index contributed by atoms with van der Waals surface area (Å²) in [5.74, 6) is -2.40. The van der Waals surface area contributed by atoms with Gasteiger partial charge in [-0.3, -0.25) is 14.4 Å². The van der Waals surface area contributed by atoms with Gasteiger partial charge in [-0.05, 0) is 45.9 Å². The molecule has 0 fully saturated rings. The molecular formula is C16H20N2O6S. The Morgan fingerprint density at radius 2 is 1.80 bits per heavy atom. The lowest BCUT2D eigenvalue weighted by molar-refractivity contribution is -0.138. The van der Waals surface area contributed by atoms with Crippen molar-refractivity contribution >= 4 is 27.8 Å². The van der Waals surface area contributed by atoms with Crippen LogP contribution in [0.1, 0.15) is 48.4 Å². The van der Waals surface area contributed by atoms with Gasteiger partial charge in [-0.15, -0.1) is 0 Å². The van der Waals surface area contributed by atoms with Crippen molar-refractivity contribution in [1.82, 2.24) is 9.21 Å². The Balaban J connectivity index is 2.50. The molecular weight excluding hydrogens is 348 g/mol. The van der Waals surface area contributed by atoms with E-state index in [0.717, 1.165) is 15.3 Å². The Labute approximate surface area is 146 Å². The van der Waals surface area contributed by atoms with Crippen molar-refractivity contribution in [1.29, 1.82) is 0 Å². The van der Waals surface area contributed by atoms with Gasteiger partial charge in [0.1, 0.15) is 11.4 Å². The van der Waals surface area contributed by atoms with Crippen LogP contribution in [-0.2, 0) is 14.8 Å². The lowest BCUT2D eigenvalue weighted by Crippen LogP contribution is -2.40. The number of aliphatic carboxylic acids is 1. The molecule has 1 aliphatic heterocycles. The number of carboxylic acids is 1. The molecule has 1 N–H and O–H groups in total. The van der Waals surface area contributed by atoms with Gasteiger partial charge in [0, 0.05) is 17.6 Å².